The van der Waals surface area contributed by atoms with E-state index in [4.69, 9.17) is 5.73 Å². The lowest BCUT2D eigenvalue weighted by atomic mass is 10.00. The molecule has 1 saturated heterocycles. The SMILES string of the molecule is NC(=O)c1cc(F)c(N2CCCC(NC(=O)CCC3CC3)C2)c2c1[nH]c1cc(C(F)(F)F)ccc12. The van der Waals surface area contributed by atoms with Gasteiger partial charge in [-0.05, 0) is 43.4 Å². The molecule has 2 aliphatic rings. The number of carbonyl (C=O) groups excluding carboxylic acids is 2. The van der Waals surface area contributed by atoms with Gasteiger partial charge in [0.1, 0.15) is 5.82 Å². The lowest BCUT2D eigenvalue weighted by Crippen LogP contribution is -2.48. The van der Waals surface area contributed by atoms with Crippen LogP contribution in [0, 0.1) is 11.7 Å². The number of primary amides is 1. The predicted octanol–water partition coefficient (Wildman–Crippen LogP) is 4.85. The minimum atomic E-state index is -4.55. The number of nitrogens with zero attached hydrogens (tertiary/aromatic N) is 1. The third kappa shape index (κ3) is 4.66. The number of benzene rings is 2. The Hall–Kier alpha value is -3.30. The summed E-state index contributed by atoms with van der Waals surface area (Å²) in [5.74, 6) is -0.949. The van der Waals surface area contributed by atoms with Crippen LogP contribution >= 0.6 is 0 Å². The molecule has 2 aromatic carbocycles. The maximum atomic E-state index is 15.5. The highest BCUT2D eigenvalue weighted by atomic mass is 19.4. The van der Waals surface area contributed by atoms with Gasteiger partial charge in [-0.3, -0.25) is 9.59 Å². The number of hydrogen-bond acceptors (Lipinski definition) is 3. The molecule has 1 aliphatic carbocycles. The quantitative estimate of drug-likeness (QED) is 0.432. The maximum absolute atomic E-state index is 15.5. The van der Waals surface area contributed by atoms with Gasteiger partial charge in [-0.1, -0.05) is 18.9 Å². The van der Waals surface area contributed by atoms with Gasteiger partial charge in [0, 0.05) is 41.8 Å². The number of H-pyrrole nitrogens is 1. The van der Waals surface area contributed by atoms with Crippen LogP contribution in [-0.2, 0) is 11.0 Å². The van der Waals surface area contributed by atoms with Crippen LogP contribution in [-0.4, -0.2) is 35.9 Å². The molecule has 35 heavy (non-hydrogen) atoms. The summed E-state index contributed by atoms with van der Waals surface area (Å²) in [6, 6.07) is 4.01. The van der Waals surface area contributed by atoms with Gasteiger partial charge in [0.05, 0.1) is 22.3 Å². The molecule has 3 aromatic rings. The number of nitrogens with two attached hydrogens (primary N) is 1. The summed E-state index contributed by atoms with van der Waals surface area (Å²) in [7, 11) is 0. The number of alkyl halides is 3. The van der Waals surface area contributed by atoms with Gasteiger partial charge in [-0.15, -0.1) is 0 Å². The zero-order chi connectivity index (χ0) is 24.9. The van der Waals surface area contributed by atoms with E-state index < -0.39 is 23.5 Å². The highest BCUT2D eigenvalue weighted by molar-refractivity contribution is 6.19. The molecule has 186 valence electrons. The topological polar surface area (TPSA) is 91.2 Å². The summed E-state index contributed by atoms with van der Waals surface area (Å²) in [6.45, 7) is 0.855. The summed E-state index contributed by atoms with van der Waals surface area (Å²) in [4.78, 5) is 29.1. The number of piperidine rings is 1. The molecule has 2 heterocycles. The standard InChI is InChI=1S/C25H26F4N4O2/c26-18-11-17(24(30)35)22-21(16-7-6-14(25(27,28)29)10-19(16)32-22)23(18)33-9-1-2-15(12-33)31-20(34)8-5-13-3-4-13/h6-7,10-11,13,15,32H,1-5,8-9,12H2,(H2,30,35)(H,31,34). The Balaban J connectivity index is 1.53. The van der Waals surface area contributed by atoms with Crippen molar-refractivity contribution in [3.8, 4) is 0 Å². The van der Waals surface area contributed by atoms with E-state index in [1.54, 1.807) is 4.90 Å². The average molecular weight is 491 g/mol. The van der Waals surface area contributed by atoms with E-state index in [-0.39, 0.29) is 34.2 Å². The summed E-state index contributed by atoms with van der Waals surface area (Å²) < 4.78 is 55.3. The van der Waals surface area contributed by atoms with Crippen molar-refractivity contribution in [2.75, 3.05) is 18.0 Å². The van der Waals surface area contributed by atoms with E-state index >= 15 is 4.39 Å². The molecule has 0 radical (unpaired) electrons. The van der Waals surface area contributed by atoms with E-state index in [2.05, 4.69) is 10.3 Å². The van der Waals surface area contributed by atoms with Gasteiger partial charge in [-0.25, -0.2) is 4.39 Å². The van der Waals surface area contributed by atoms with Crippen molar-refractivity contribution in [1.29, 1.82) is 0 Å². The minimum Gasteiger partial charge on any atom is -0.367 e. The van der Waals surface area contributed by atoms with E-state index in [0.717, 1.165) is 31.0 Å². The third-order valence-electron chi connectivity index (χ3n) is 6.97. The number of amides is 2. The second-order valence-corrected chi connectivity index (χ2v) is 9.59. The molecule has 2 fully saturated rings. The first-order valence-corrected chi connectivity index (χ1v) is 11.8. The van der Waals surface area contributed by atoms with Gasteiger partial charge in [0.2, 0.25) is 5.91 Å². The van der Waals surface area contributed by atoms with Crippen LogP contribution in [0.4, 0.5) is 23.2 Å². The number of nitrogens with one attached hydrogen (secondary N) is 2. The Kier molecular flexibility index (Phi) is 5.85. The van der Waals surface area contributed by atoms with Crippen LogP contribution in [0.1, 0.15) is 54.4 Å². The van der Waals surface area contributed by atoms with Gasteiger partial charge >= 0.3 is 6.18 Å². The van der Waals surface area contributed by atoms with Gasteiger partial charge in [0.15, 0.2) is 0 Å². The molecule has 6 nitrogen and oxygen atoms in total. The molecule has 0 spiro atoms. The van der Waals surface area contributed by atoms with Crippen LogP contribution in [0.5, 0.6) is 0 Å². The number of fused-ring (bicyclic) bond motifs is 3. The predicted molar refractivity (Wildman–Crippen MR) is 125 cm³/mol. The smallest absolute Gasteiger partial charge is 0.367 e. The first-order valence-electron chi connectivity index (χ1n) is 11.8. The molecule has 1 saturated carbocycles. The minimum absolute atomic E-state index is 0.0229. The first-order chi connectivity index (χ1) is 16.6. The van der Waals surface area contributed by atoms with Crippen molar-refractivity contribution in [1.82, 2.24) is 10.3 Å². The molecule has 1 aromatic heterocycles. The van der Waals surface area contributed by atoms with Crippen molar-refractivity contribution in [3.05, 3.63) is 41.2 Å². The lowest BCUT2D eigenvalue weighted by molar-refractivity contribution is -0.137. The second kappa shape index (κ2) is 8.73. The second-order valence-electron chi connectivity index (χ2n) is 9.59. The molecule has 10 heteroatoms. The maximum Gasteiger partial charge on any atom is 0.416 e. The molecule has 5 rings (SSSR count). The zero-order valence-corrected chi connectivity index (χ0v) is 19.0. The number of aromatic amines is 1. The van der Waals surface area contributed by atoms with Crippen LogP contribution in [0.3, 0.4) is 0 Å². The number of hydrogen-bond donors (Lipinski definition) is 3. The van der Waals surface area contributed by atoms with Crippen LogP contribution in [0.2, 0.25) is 0 Å². The third-order valence-corrected chi connectivity index (χ3v) is 6.97. The molecule has 4 N–H and O–H groups in total. The summed E-state index contributed by atoms with van der Waals surface area (Å²) in [6.07, 6.45) is 0.597. The molecule has 1 unspecified atom stereocenters. The molecular weight excluding hydrogens is 464 g/mol. The fourth-order valence-electron chi connectivity index (χ4n) is 5.05. The molecule has 1 atom stereocenters. The highest BCUT2D eigenvalue weighted by Gasteiger charge is 2.32. The summed E-state index contributed by atoms with van der Waals surface area (Å²) in [5.41, 5.74) is 4.99. The van der Waals surface area contributed by atoms with Crippen LogP contribution < -0.4 is 16.0 Å². The van der Waals surface area contributed by atoms with Gasteiger partial charge < -0.3 is 20.9 Å². The molecule has 1 aliphatic heterocycles. The molecule has 0 bridgehead atoms. The lowest BCUT2D eigenvalue weighted by Gasteiger charge is -2.35. The van der Waals surface area contributed by atoms with E-state index in [0.29, 0.717) is 42.6 Å². The van der Waals surface area contributed by atoms with Gasteiger partial charge in [-0.2, -0.15) is 13.2 Å². The monoisotopic (exact) mass is 490 g/mol. The van der Waals surface area contributed by atoms with E-state index in [1.165, 1.54) is 18.9 Å². The Morgan fingerprint density at radius 3 is 2.63 bits per heavy atom. The Labute approximate surface area is 198 Å². The zero-order valence-electron chi connectivity index (χ0n) is 19.0. The van der Waals surface area contributed by atoms with Crippen LogP contribution in [0.15, 0.2) is 24.3 Å². The van der Waals surface area contributed by atoms with Crippen molar-refractivity contribution in [3.63, 3.8) is 0 Å². The number of rotatable bonds is 6. The summed E-state index contributed by atoms with van der Waals surface area (Å²) in [5, 5.41) is 3.71. The highest BCUT2D eigenvalue weighted by Crippen LogP contribution is 2.41. The number of halogens is 4. The van der Waals surface area contributed by atoms with Crippen molar-refractivity contribution in [2.24, 2.45) is 11.7 Å². The number of carbonyl (C=O) groups is 2. The van der Waals surface area contributed by atoms with E-state index in [9.17, 15) is 22.8 Å². The van der Waals surface area contributed by atoms with E-state index in [1.807, 2.05) is 0 Å². The fraction of sp³-hybridized carbons (Fsp3) is 0.440. The van der Waals surface area contributed by atoms with Crippen molar-refractivity contribution in [2.45, 2.75) is 50.7 Å². The Morgan fingerprint density at radius 1 is 1.17 bits per heavy atom. The Morgan fingerprint density at radius 2 is 1.94 bits per heavy atom. The van der Waals surface area contributed by atoms with Crippen molar-refractivity contribution >= 4 is 39.3 Å². The fourth-order valence-corrected chi connectivity index (χ4v) is 5.05. The number of anilines is 1. The normalized spacial score (nSPS) is 18.9. The summed E-state index contributed by atoms with van der Waals surface area (Å²) >= 11 is 0. The molecule has 2 amide bonds. The van der Waals surface area contributed by atoms with Crippen LogP contribution in [0.25, 0.3) is 21.8 Å². The molecular formula is C25H26F4N4O2. The van der Waals surface area contributed by atoms with Gasteiger partial charge in [0.25, 0.3) is 5.91 Å². The van der Waals surface area contributed by atoms with Crippen molar-refractivity contribution < 1.29 is 27.2 Å². The largest absolute Gasteiger partial charge is 0.416 e. The average Bonchev–Trinajstić information content (AvgIpc) is 3.55. The number of aromatic nitrogens is 1. The first kappa shape index (κ1) is 23.4. The Bertz CT molecular complexity index is 1310.